The van der Waals surface area contributed by atoms with Crippen molar-refractivity contribution in [2.75, 3.05) is 18.0 Å². The molecule has 7 nitrogen and oxygen atoms in total. The molecule has 1 aliphatic heterocycles. The van der Waals surface area contributed by atoms with Gasteiger partial charge >= 0.3 is 5.69 Å². The van der Waals surface area contributed by atoms with Crippen LogP contribution in [0.5, 0.6) is 0 Å². The van der Waals surface area contributed by atoms with E-state index >= 15 is 0 Å². The van der Waals surface area contributed by atoms with Gasteiger partial charge in [-0.1, -0.05) is 0 Å². The van der Waals surface area contributed by atoms with Crippen LogP contribution in [-0.2, 0) is 6.54 Å². The van der Waals surface area contributed by atoms with Crippen LogP contribution < -0.4 is 15.6 Å². The van der Waals surface area contributed by atoms with E-state index < -0.39 is 21.9 Å². The average molecular weight is 348 g/mol. The van der Waals surface area contributed by atoms with Crippen molar-refractivity contribution >= 4 is 22.3 Å². The number of aryl methyl sites for hydroxylation is 1. The molecule has 3 rings (SSSR count). The van der Waals surface area contributed by atoms with Crippen LogP contribution in [0, 0.1) is 15.9 Å². The number of aromatic nitrogens is 1. The van der Waals surface area contributed by atoms with Crippen molar-refractivity contribution in [1.29, 1.82) is 0 Å². The molecule has 1 saturated heterocycles. The van der Waals surface area contributed by atoms with E-state index in [4.69, 9.17) is 0 Å². The van der Waals surface area contributed by atoms with Gasteiger partial charge in [0.25, 0.3) is 5.43 Å². The van der Waals surface area contributed by atoms with Gasteiger partial charge in [-0.3, -0.25) is 14.9 Å². The van der Waals surface area contributed by atoms with Crippen LogP contribution in [-0.4, -0.2) is 34.7 Å². The largest absolute Gasteiger partial charge is 0.366 e. The first kappa shape index (κ1) is 17.3. The predicted molar refractivity (Wildman–Crippen MR) is 94.8 cm³/mol. The van der Waals surface area contributed by atoms with Crippen molar-refractivity contribution in [2.24, 2.45) is 0 Å². The van der Waals surface area contributed by atoms with Gasteiger partial charge in [-0.2, -0.15) is 0 Å². The van der Waals surface area contributed by atoms with Crippen molar-refractivity contribution < 1.29 is 9.31 Å². The van der Waals surface area contributed by atoms with Crippen molar-refractivity contribution in [2.45, 2.75) is 39.4 Å². The summed E-state index contributed by atoms with van der Waals surface area (Å²) < 4.78 is 16.3. The van der Waals surface area contributed by atoms with Crippen LogP contribution in [0.25, 0.3) is 10.9 Å². The summed E-state index contributed by atoms with van der Waals surface area (Å²) in [5, 5.41) is 14.5. The zero-order valence-electron chi connectivity index (χ0n) is 14.5. The Hall–Kier alpha value is -2.48. The Bertz CT molecular complexity index is 886. The van der Waals surface area contributed by atoms with E-state index in [1.807, 2.05) is 25.7 Å². The first-order valence-corrected chi connectivity index (χ1v) is 8.33. The molecule has 2 aromatic rings. The molecule has 0 spiro atoms. The monoisotopic (exact) mass is 348 g/mol. The molecular formula is C17H21FN4O3. The molecule has 1 aromatic carbocycles. The van der Waals surface area contributed by atoms with Gasteiger partial charge in [-0.25, -0.2) is 4.39 Å². The van der Waals surface area contributed by atoms with Crippen LogP contribution in [0.4, 0.5) is 15.8 Å². The minimum absolute atomic E-state index is 0.0357. The average Bonchev–Trinajstić information content (AvgIpc) is 2.54. The van der Waals surface area contributed by atoms with Crippen molar-refractivity contribution in [1.82, 2.24) is 9.88 Å². The number of nitro groups is 1. The normalized spacial score (nSPS) is 20.9. The van der Waals surface area contributed by atoms with Crippen LogP contribution in [0.2, 0.25) is 0 Å². The summed E-state index contributed by atoms with van der Waals surface area (Å²) in [7, 11) is 0. The Morgan fingerprint density at radius 3 is 2.52 bits per heavy atom. The predicted octanol–water partition coefficient (Wildman–Crippen LogP) is 2.26. The molecule has 0 radical (unpaired) electrons. The minimum atomic E-state index is -0.753. The van der Waals surface area contributed by atoms with Gasteiger partial charge in [-0.05, 0) is 32.9 Å². The number of nitrogens with zero attached hydrogens (tertiary/aromatic N) is 3. The van der Waals surface area contributed by atoms with Gasteiger partial charge in [0.2, 0.25) is 0 Å². The van der Waals surface area contributed by atoms with Gasteiger partial charge in [0, 0.05) is 31.7 Å². The van der Waals surface area contributed by atoms with Gasteiger partial charge in [-0.15, -0.1) is 0 Å². The molecule has 8 heteroatoms. The van der Waals surface area contributed by atoms with E-state index in [0.29, 0.717) is 30.8 Å². The maximum atomic E-state index is 14.7. The first-order chi connectivity index (χ1) is 11.8. The third kappa shape index (κ3) is 3.09. The number of hydrogen-bond donors (Lipinski definition) is 1. The molecule has 25 heavy (non-hydrogen) atoms. The fourth-order valence-corrected chi connectivity index (χ4v) is 3.54. The molecule has 0 saturated carbocycles. The van der Waals surface area contributed by atoms with Crippen LogP contribution >= 0.6 is 0 Å². The fraction of sp³-hybridized carbons (Fsp3) is 0.471. The van der Waals surface area contributed by atoms with Crippen LogP contribution in [0.15, 0.2) is 23.1 Å². The number of rotatable bonds is 3. The van der Waals surface area contributed by atoms with Gasteiger partial charge in [0.1, 0.15) is 5.82 Å². The lowest BCUT2D eigenvalue weighted by Crippen LogP contribution is -2.54. The van der Waals surface area contributed by atoms with Crippen molar-refractivity contribution in [3.63, 3.8) is 0 Å². The highest BCUT2D eigenvalue weighted by Crippen LogP contribution is 2.27. The van der Waals surface area contributed by atoms with Gasteiger partial charge in [0.15, 0.2) is 0 Å². The SMILES string of the molecule is CCn1cc([N+](=O)[O-])c(=O)c2cc(F)c(N3CC(C)NC(C)C3)cc21. The number of piperazine rings is 1. The minimum Gasteiger partial charge on any atom is -0.366 e. The molecular weight excluding hydrogens is 327 g/mol. The molecule has 0 aliphatic carbocycles. The number of hydrogen-bond acceptors (Lipinski definition) is 5. The molecule has 1 aliphatic rings. The van der Waals surface area contributed by atoms with E-state index in [9.17, 15) is 19.3 Å². The van der Waals surface area contributed by atoms with Crippen molar-refractivity contribution in [3.8, 4) is 0 Å². The fourth-order valence-electron chi connectivity index (χ4n) is 3.54. The molecule has 0 amide bonds. The summed E-state index contributed by atoms with van der Waals surface area (Å²) in [5.41, 5.74) is -0.361. The smallest absolute Gasteiger partial charge is 0.332 e. The number of anilines is 1. The van der Waals surface area contributed by atoms with Crippen LogP contribution in [0.1, 0.15) is 20.8 Å². The Morgan fingerprint density at radius 2 is 1.96 bits per heavy atom. The second-order valence-electron chi connectivity index (χ2n) is 6.58. The molecule has 2 heterocycles. The second kappa shape index (κ2) is 6.44. The zero-order chi connectivity index (χ0) is 18.3. The number of pyridine rings is 1. The Morgan fingerprint density at radius 1 is 1.32 bits per heavy atom. The van der Waals surface area contributed by atoms with Crippen molar-refractivity contribution in [3.05, 3.63) is 44.5 Å². The topological polar surface area (TPSA) is 80.4 Å². The van der Waals surface area contributed by atoms with Gasteiger partial charge < -0.3 is 14.8 Å². The van der Waals surface area contributed by atoms with Gasteiger partial charge in [0.05, 0.1) is 27.7 Å². The molecule has 0 bridgehead atoms. The molecule has 2 unspecified atom stereocenters. The van der Waals surface area contributed by atoms with E-state index in [0.717, 1.165) is 6.07 Å². The highest BCUT2D eigenvalue weighted by Gasteiger charge is 2.25. The summed E-state index contributed by atoms with van der Waals surface area (Å²) in [6, 6.07) is 3.18. The van der Waals surface area contributed by atoms with E-state index in [2.05, 4.69) is 5.32 Å². The first-order valence-electron chi connectivity index (χ1n) is 8.33. The lowest BCUT2D eigenvalue weighted by Gasteiger charge is -2.37. The summed E-state index contributed by atoms with van der Waals surface area (Å²) in [4.78, 5) is 24.7. The molecule has 1 N–H and O–H groups in total. The van der Waals surface area contributed by atoms with E-state index in [1.165, 1.54) is 6.20 Å². The molecule has 2 atom stereocenters. The number of nitrogens with one attached hydrogen (secondary N) is 1. The quantitative estimate of drug-likeness (QED) is 0.680. The highest BCUT2D eigenvalue weighted by atomic mass is 19.1. The standard InChI is InChI=1S/C17H21FN4O3/c1-4-20-9-16(22(24)25)17(23)12-5-13(18)15(6-14(12)20)21-7-10(2)19-11(3)8-21/h5-6,9-11,19H,4,7-8H2,1-3H3. The molecule has 1 aromatic heterocycles. The lowest BCUT2D eigenvalue weighted by molar-refractivity contribution is -0.386. The molecule has 1 fully saturated rings. The molecule has 134 valence electrons. The maximum absolute atomic E-state index is 14.7. The van der Waals surface area contributed by atoms with Crippen LogP contribution in [0.3, 0.4) is 0 Å². The number of fused-ring (bicyclic) bond motifs is 1. The Kier molecular flexibility index (Phi) is 4.47. The summed E-state index contributed by atoms with van der Waals surface area (Å²) in [5.74, 6) is -0.533. The Balaban J connectivity index is 2.20. The lowest BCUT2D eigenvalue weighted by atomic mass is 10.1. The zero-order valence-corrected chi connectivity index (χ0v) is 14.5. The summed E-state index contributed by atoms with van der Waals surface area (Å²) in [6.45, 7) is 7.63. The maximum Gasteiger partial charge on any atom is 0.332 e. The Labute approximate surface area is 144 Å². The summed E-state index contributed by atoms with van der Waals surface area (Å²) >= 11 is 0. The van der Waals surface area contributed by atoms with E-state index in [1.54, 1.807) is 10.6 Å². The van der Waals surface area contributed by atoms with E-state index in [-0.39, 0.29) is 17.5 Å². The highest BCUT2D eigenvalue weighted by molar-refractivity contribution is 5.85. The summed E-state index contributed by atoms with van der Waals surface area (Å²) in [6.07, 6.45) is 1.23. The number of benzene rings is 1. The second-order valence-corrected chi connectivity index (χ2v) is 6.58. The number of halogens is 1. The third-order valence-electron chi connectivity index (χ3n) is 4.57. The third-order valence-corrected chi connectivity index (χ3v) is 4.57.